The van der Waals surface area contributed by atoms with Crippen LogP contribution in [0.1, 0.15) is 43.6 Å². The van der Waals surface area contributed by atoms with E-state index < -0.39 is 0 Å². The van der Waals surface area contributed by atoms with Crippen molar-refractivity contribution in [3.8, 4) is 16.3 Å². The number of aryl methyl sites for hydroxylation is 1. The molecule has 6 nitrogen and oxygen atoms in total. The van der Waals surface area contributed by atoms with E-state index in [1.807, 2.05) is 35.0 Å². The minimum Gasteiger partial charge on any atom is -0.351 e. The van der Waals surface area contributed by atoms with Crippen molar-refractivity contribution < 1.29 is 4.79 Å². The van der Waals surface area contributed by atoms with E-state index in [0.717, 1.165) is 46.2 Å². The lowest BCUT2D eigenvalue weighted by atomic mass is 10.0. The Morgan fingerprint density at radius 1 is 1.21 bits per heavy atom. The van der Waals surface area contributed by atoms with Gasteiger partial charge in [-0.1, -0.05) is 31.2 Å². The predicted octanol–water partition coefficient (Wildman–Crippen LogP) is 5.43. The highest BCUT2D eigenvalue weighted by Gasteiger charge is 2.23. The summed E-state index contributed by atoms with van der Waals surface area (Å²) in [5, 5.41) is 11.2. The zero-order valence-corrected chi connectivity index (χ0v) is 20.9. The number of nitrogens with zero attached hydrogens (tertiary/aromatic N) is 4. The highest BCUT2D eigenvalue weighted by Crippen LogP contribution is 2.34. The number of benzene rings is 1. The molecule has 7 heteroatoms. The van der Waals surface area contributed by atoms with Crippen LogP contribution in [-0.4, -0.2) is 51.3 Å². The Hall–Kier alpha value is -2.90. The standard InChI is InChI=1S/C27H33N5OS/c1-3-31-23(26(33)28-14-9-16-30-15-7-10-20(2)19-30)18-22-25(24-13-8-17-34-24)29-32(27(22)31)21-11-5-4-6-12-21/h4-6,8,11-13,17-18,20H,3,7,9-10,14-16,19H2,1-2H3,(H,28,33)/t20-/m0/s1. The molecule has 1 N–H and O–H groups in total. The minimum absolute atomic E-state index is 0.0122. The Morgan fingerprint density at radius 2 is 2.06 bits per heavy atom. The average molecular weight is 476 g/mol. The lowest BCUT2D eigenvalue weighted by Crippen LogP contribution is -2.36. The molecule has 178 valence electrons. The number of likely N-dealkylation sites (tertiary alicyclic amines) is 1. The van der Waals surface area contributed by atoms with Crippen LogP contribution in [0.3, 0.4) is 0 Å². The SMILES string of the molecule is CCn1c(C(=O)NCCCN2CCC[C@H](C)C2)cc2c(-c3cccs3)nn(-c3ccccc3)c21. The summed E-state index contributed by atoms with van der Waals surface area (Å²) >= 11 is 1.67. The van der Waals surface area contributed by atoms with Crippen LogP contribution in [0.5, 0.6) is 0 Å². The summed E-state index contributed by atoms with van der Waals surface area (Å²) in [5.41, 5.74) is 3.58. The van der Waals surface area contributed by atoms with Crippen LogP contribution < -0.4 is 5.32 Å². The Labute approximate surface area is 205 Å². The Kier molecular flexibility index (Phi) is 6.83. The highest BCUT2D eigenvalue weighted by atomic mass is 32.1. The summed E-state index contributed by atoms with van der Waals surface area (Å²) < 4.78 is 4.07. The van der Waals surface area contributed by atoms with Crippen molar-refractivity contribution >= 4 is 28.3 Å². The molecule has 0 spiro atoms. The zero-order chi connectivity index (χ0) is 23.5. The van der Waals surface area contributed by atoms with Crippen molar-refractivity contribution in [2.45, 2.75) is 39.7 Å². The molecule has 4 heterocycles. The van der Waals surface area contributed by atoms with Crippen LogP contribution in [0.2, 0.25) is 0 Å². The van der Waals surface area contributed by atoms with E-state index in [0.29, 0.717) is 18.8 Å². The maximum atomic E-state index is 13.3. The van der Waals surface area contributed by atoms with Gasteiger partial charge in [-0.3, -0.25) is 4.79 Å². The van der Waals surface area contributed by atoms with Gasteiger partial charge in [0.05, 0.1) is 10.6 Å². The molecule has 1 fully saturated rings. The second-order valence-electron chi connectivity index (χ2n) is 9.24. The third-order valence-electron chi connectivity index (χ3n) is 6.71. The largest absolute Gasteiger partial charge is 0.351 e. The lowest BCUT2D eigenvalue weighted by molar-refractivity contribution is 0.0941. The fourth-order valence-corrected chi connectivity index (χ4v) is 5.80. The van der Waals surface area contributed by atoms with E-state index in [-0.39, 0.29) is 5.91 Å². The monoisotopic (exact) mass is 475 g/mol. The molecule has 0 aliphatic carbocycles. The molecular weight excluding hydrogens is 442 g/mol. The Bertz CT molecular complexity index is 1240. The number of piperidine rings is 1. The van der Waals surface area contributed by atoms with Crippen LogP contribution in [0.4, 0.5) is 0 Å². The maximum Gasteiger partial charge on any atom is 0.267 e. The maximum absolute atomic E-state index is 13.3. The van der Waals surface area contributed by atoms with E-state index in [1.165, 1.54) is 25.9 Å². The number of amides is 1. The molecular formula is C27H33N5OS. The minimum atomic E-state index is -0.0122. The normalized spacial score (nSPS) is 16.8. The topological polar surface area (TPSA) is 55.1 Å². The lowest BCUT2D eigenvalue weighted by Gasteiger charge is -2.30. The first-order valence-corrected chi connectivity index (χ1v) is 13.3. The van der Waals surface area contributed by atoms with E-state index in [4.69, 9.17) is 5.10 Å². The fourth-order valence-electron chi connectivity index (χ4n) is 5.08. The molecule has 4 aromatic rings. The van der Waals surface area contributed by atoms with Crippen molar-refractivity contribution in [1.29, 1.82) is 0 Å². The first-order valence-electron chi connectivity index (χ1n) is 12.4. The summed E-state index contributed by atoms with van der Waals surface area (Å²) in [6.45, 7) is 9.22. The van der Waals surface area contributed by atoms with Crippen molar-refractivity contribution in [1.82, 2.24) is 24.6 Å². The molecule has 1 amide bonds. The summed E-state index contributed by atoms with van der Waals surface area (Å²) in [7, 11) is 0. The number of rotatable bonds is 8. The number of hydrogen-bond donors (Lipinski definition) is 1. The molecule has 5 rings (SSSR count). The van der Waals surface area contributed by atoms with Gasteiger partial charge in [-0.25, -0.2) is 4.68 Å². The molecule has 0 bridgehead atoms. The van der Waals surface area contributed by atoms with Crippen molar-refractivity contribution in [3.63, 3.8) is 0 Å². The van der Waals surface area contributed by atoms with Gasteiger partial charge in [0.1, 0.15) is 17.0 Å². The van der Waals surface area contributed by atoms with E-state index in [9.17, 15) is 4.79 Å². The number of hydrogen-bond acceptors (Lipinski definition) is 4. The second kappa shape index (κ2) is 10.2. The number of aromatic nitrogens is 3. The number of para-hydroxylation sites is 1. The number of carbonyl (C=O) groups excluding carboxylic acids is 1. The van der Waals surface area contributed by atoms with Gasteiger partial charge in [0, 0.05) is 25.0 Å². The molecule has 1 aliphatic rings. The molecule has 3 aromatic heterocycles. The van der Waals surface area contributed by atoms with Gasteiger partial charge in [-0.2, -0.15) is 5.10 Å². The average Bonchev–Trinajstić information content (AvgIpc) is 3.58. The van der Waals surface area contributed by atoms with Gasteiger partial charge in [0.25, 0.3) is 5.91 Å². The smallest absolute Gasteiger partial charge is 0.267 e. The molecule has 0 radical (unpaired) electrons. The van der Waals surface area contributed by atoms with Gasteiger partial charge in [-0.15, -0.1) is 11.3 Å². The van der Waals surface area contributed by atoms with Crippen LogP contribution in [0.15, 0.2) is 53.9 Å². The van der Waals surface area contributed by atoms with Gasteiger partial charge in [0.15, 0.2) is 0 Å². The highest BCUT2D eigenvalue weighted by molar-refractivity contribution is 7.13. The van der Waals surface area contributed by atoms with Gasteiger partial charge in [0.2, 0.25) is 0 Å². The first kappa shape index (κ1) is 22.9. The molecule has 0 saturated carbocycles. The molecule has 1 aliphatic heterocycles. The first-order chi connectivity index (χ1) is 16.7. The Balaban J connectivity index is 1.41. The number of thiophene rings is 1. The van der Waals surface area contributed by atoms with E-state index >= 15 is 0 Å². The van der Waals surface area contributed by atoms with E-state index in [2.05, 4.69) is 52.2 Å². The number of fused-ring (bicyclic) bond motifs is 1. The summed E-state index contributed by atoms with van der Waals surface area (Å²) in [6.07, 6.45) is 3.60. The second-order valence-corrected chi connectivity index (χ2v) is 10.2. The number of carbonyl (C=O) groups is 1. The van der Waals surface area contributed by atoms with Crippen molar-refractivity contribution in [3.05, 3.63) is 59.6 Å². The molecule has 1 aromatic carbocycles. The predicted molar refractivity (Wildman–Crippen MR) is 140 cm³/mol. The van der Waals surface area contributed by atoms with Gasteiger partial charge < -0.3 is 14.8 Å². The summed E-state index contributed by atoms with van der Waals surface area (Å²) in [6, 6.07) is 16.3. The van der Waals surface area contributed by atoms with Gasteiger partial charge >= 0.3 is 0 Å². The quantitative estimate of drug-likeness (QED) is 0.346. The third-order valence-corrected chi connectivity index (χ3v) is 7.58. The summed E-state index contributed by atoms with van der Waals surface area (Å²) in [4.78, 5) is 16.9. The zero-order valence-electron chi connectivity index (χ0n) is 20.0. The van der Waals surface area contributed by atoms with Crippen LogP contribution in [0, 0.1) is 5.92 Å². The van der Waals surface area contributed by atoms with Crippen LogP contribution in [-0.2, 0) is 6.54 Å². The molecule has 1 atom stereocenters. The Morgan fingerprint density at radius 3 is 2.79 bits per heavy atom. The van der Waals surface area contributed by atoms with Crippen molar-refractivity contribution in [2.24, 2.45) is 5.92 Å². The van der Waals surface area contributed by atoms with Gasteiger partial charge in [-0.05, 0) is 74.8 Å². The van der Waals surface area contributed by atoms with Crippen molar-refractivity contribution in [2.75, 3.05) is 26.2 Å². The fraction of sp³-hybridized carbons (Fsp3) is 0.407. The third kappa shape index (κ3) is 4.55. The number of nitrogens with one attached hydrogen (secondary N) is 1. The van der Waals surface area contributed by atoms with Crippen LogP contribution >= 0.6 is 11.3 Å². The molecule has 34 heavy (non-hydrogen) atoms. The molecule has 0 unspecified atom stereocenters. The van der Waals surface area contributed by atoms with Crippen LogP contribution in [0.25, 0.3) is 27.3 Å². The molecule has 1 saturated heterocycles. The van der Waals surface area contributed by atoms with E-state index in [1.54, 1.807) is 11.3 Å². The summed E-state index contributed by atoms with van der Waals surface area (Å²) in [5.74, 6) is 0.770.